The van der Waals surface area contributed by atoms with Crippen LogP contribution in [-0.4, -0.2) is 27.2 Å². The smallest absolute Gasteiger partial charge is 0.282 e. The van der Waals surface area contributed by atoms with Crippen LogP contribution in [-0.2, 0) is 36.4 Å². The van der Waals surface area contributed by atoms with Crippen LogP contribution in [0.1, 0.15) is 0 Å². The summed E-state index contributed by atoms with van der Waals surface area (Å²) in [6.07, 6.45) is 0. The molecule has 0 aliphatic rings. The number of halogens is 1. The van der Waals surface area contributed by atoms with E-state index in [1.54, 1.807) is 0 Å². The summed E-state index contributed by atoms with van der Waals surface area (Å²) in [5, 5.41) is 0. The second-order valence-electron chi connectivity index (χ2n) is 0. The first-order valence-corrected chi connectivity index (χ1v) is 7.02. The van der Waals surface area contributed by atoms with Crippen molar-refractivity contribution in [3.8, 4) is 0 Å². The van der Waals surface area contributed by atoms with Gasteiger partial charge in [0, 0.05) is 0 Å². The molecule has 0 heterocycles. The Bertz CT molecular complexity index is 25.2. The fourth-order valence-electron chi connectivity index (χ4n) is 0. The van der Waals surface area contributed by atoms with Gasteiger partial charge in [-0.2, -0.15) is 0 Å². The summed E-state index contributed by atoms with van der Waals surface area (Å²) in [7, 11) is 0. The average molecular weight is 382 g/mol. The molecule has 0 N–H and O–H groups in total. The largest absolute Gasteiger partial charge is 0.545 e. The van der Waals surface area contributed by atoms with Crippen molar-refractivity contribution in [1.82, 2.24) is 0 Å². The van der Waals surface area contributed by atoms with Gasteiger partial charge in [0.1, 0.15) is 0 Å². The van der Waals surface area contributed by atoms with Crippen molar-refractivity contribution in [2.45, 2.75) is 0 Å². The minimum atomic E-state index is 1.53. The van der Waals surface area contributed by atoms with Gasteiger partial charge in [-0.3, -0.25) is 27.2 Å². The quantitative estimate of drug-likeness (QED) is 0.428. The molecular formula is C4H4BrO4Re-4. The second-order valence-corrected chi connectivity index (χ2v) is 0. The molecule has 0 amide bonds. The van der Waals surface area contributed by atoms with Crippen LogP contribution in [0.25, 0.3) is 0 Å². The van der Waals surface area contributed by atoms with E-state index in [4.69, 9.17) is 19.2 Å². The molecule has 0 bridgehead atoms. The molecule has 62 valence electrons. The van der Waals surface area contributed by atoms with Gasteiger partial charge in [-0.05, 0) is 0 Å². The minimum absolute atomic E-state index is 1.53. The third-order valence-corrected chi connectivity index (χ3v) is 0. The zero-order chi connectivity index (χ0) is 10.0. The standard InChI is InChI=1S/4CHO.BrH.Re/c4*1-2;;/h4*1H;1H;/q4*-1;;+1/p-1. The predicted molar refractivity (Wildman–Crippen MR) is 35.9 cm³/mol. The van der Waals surface area contributed by atoms with Crippen molar-refractivity contribution in [2.24, 2.45) is 0 Å². The molecule has 6 heteroatoms. The van der Waals surface area contributed by atoms with Crippen LogP contribution in [0.3, 0.4) is 0 Å². The van der Waals surface area contributed by atoms with Gasteiger partial charge in [0.25, 0.3) is 0 Å². The van der Waals surface area contributed by atoms with Crippen LogP contribution in [0.5, 0.6) is 0 Å². The van der Waals surface area contributed by atoms with E-state index in [2.05, 4.69) is 40.6 Å². The van der Waals surface area contributed by atoms with Gasteiger partial charge in [-0.25, -0.2) is 0 Å². The van der Waals surface area contributed by atoms with Gasteiger partial charge in [-0.15, -0.1) is 0 Å². The summed E-state index contributed by atoms with van der Waals surface area (Å²) >= 11 is 4.53. The average Bonchev–Trinajstić information content (AvgIpc) is 2.20. The second kappa shape index (κ2) is 17100. The number of carbonyl (C=O) groups excluding carboxylic acids is 4. The summed E-state index contributed by atoms with van der Waals surface area (Å²) in [6, 6.07) is 0. The van der Waals surface area contributed by atoms with E-state index in [1.165, 1.54) is 17.2 Å². The molecule has 10 heavy (non-hydrogen) atoms. The molecule has 0 aliphatic heterocycles. The van der Waals surface area contributed by atoms with Crippen LogP contribution in [0, 0.1) is 0 Å². The summed E-state index contributed by atoms with van der Waals surface area (Å²) in [5.41, 5.74) is 0. The fourth-order valence-corrected chi connectivity index (χ4v) is 0. The molecule has 0 atom stereocenters. The first-order chi connectivity index (χ1) is 5.00. The van der Waals surface area contributed by atoms with E-state index in [0.29, 0.717) is 0 Å². The zero-order valence-corrected chi connectivity index (χ0v) is 9.00. The molecule has 0 aromatic rings. The van der Waals surface area contributed by atoms with Crippen LogP contribution >= 0.6 is 13.4 Å². The summed E-state index contributed by atoms with van der Waals surface area (Å²) in [5.74, 6) is 0. The van der Waals surface area contributed by atoms with Crippen molar-refractivity contribution in [3.63, 3.8) is 0 Å². The van der Waals surface area contributed by atoms with Gasteiger partial charge in [0.15, 0.2) is 0 Å². The molecule has 0 saturated heterocycles. The summed E-state index contributed by atoms with van der Waals surface area (Å²) < 4.78 is 0. The zero-order valence-electron chi connectivity index (χ0n) is 4.70. The normalized spacial score (nSPS) is 2.20. The Balaban J connectivity index is -0.0000000104. The van der Waals surface area contributed by atoms with E-state index in [1.807, 2.05) is 0 Å². The molecule has 0 unspecified atom stereocenters. The van der Waals surface area contributed by atoms with Gasteiger partial charge >= 0.3 is 30.6 Å². The summed E-state index contributed by atoms with van der Waals surface area (Å²) in [6.45, 7) is 13.0. The van der Waals surface area contributed by atoms with Crippen LogP contribution in [0.4, 0.5) is 0 Å². The number of hydrogen-bond donors (Lipinski definition) is 0. The Kier molecular flexibility index (Phi) is 56200. The topological polar surface area (TPSA) is 68.3 Å². The van der Waals surface area contributed by atoms with Crippen LogP contribution in [0.2, 0.25) is 0 Å². The molecule has 0 saturated carbocycles. The third-order valence-electron chi connectivity index (χ3n) is 0. The Hall–Kier alpha value is -0.178. The molecule has 0 aromatic carbocycles. The Morgan fingerprint density at radius 2 is 0.600 bits per heavy atom. The molecule has 0 aliphatic carbocycles. The first-order valence-electron chi connectivity index (χ1n) is 1.09. The van der Waals surface area contributed by atoms with Gasteiger partial charge < -0.3 is 19.2 Å². The van der Waals surface area contributed by atoms with Gasteiger partial charge in [0.05, 0.1) is 0 Å². The van der Waals surface area contributed by atoms with E-state index in [0.717, 1.165) is 0 Å². The summed E-state index contributed by atoms with van der Waals surface area (Å²) in [4.78, 5) is 31.0. The number of rotatable bonds is 0. The van der Waals surface area contributed by atoms with E-state index >= 15 is 0 Å². The first kappa shape index (κ1) is 32.9. The Labute approximate surface area is 77.0 Å². The van der Waals surface area contributed by atoms with Gasteiger partial charge in [0.2, 0.25) is 0 Å². The SMILES string of the molecule is [Br][Re].[CH-]=O.[CH-]=O.[CH-]=O.[CH-]=O. The van der Waals surface area contributed by atoms with Crippen LogP contribution < -0.4 is 0 Å². The molecule has 0 aromatic heterocycles. The molecule has 0 radical (unpaired) electrons. The third kappa shape index (κ3) is 11500. The van der Waals surface area contributed by atoms with Crippen molar-refractivity contribution in [1.29, 1.82) is 0 Å². The van der Waals surface area contributed by atoms with E-state index in [9.17, 15) is 0 Å². The maximum atomic E-state index is 7.75. The monoisotopic (exact) mass is 382 g/mol. The maximum absolute atomic E-state index is 7.75. The van der Waals surface area contributed by atoms with Gasteiger partial charge in [-0.1, -0.05) is 0 Å². The fraction of sp³-hybridized carbons (Fsp3) is 0. The molecule has 4 nitrogen and oxygen atoms in total. The van der Waals surface area contributed by atoms with Crippen molar-refractivity contribution in [3.05, 3.63) is 0 Å². The minimum Gasteiger partial charge on any atom is -0.545 e. The van der Waals surface area contributed by atoms with Crippen molar-refractivity contribution in [2.75, 3.05) is 0 Å². The van der Waals surface area contributed by atoms with Crippen LogP contribution in [0.15, 0.2) is 0 Å². The molecule has 0 spiro atoms. The maximum Gasteiger partial charge on any atom is -0.282 e. The molecule has 0 rings (SSSR count). The van der Waals surface area contributed by atoms with E-state index in [-0.39, 0.29) is 0 Å². The van der Waals surface area contributed by atoms with Crippen molar-refractivity contribution < 1.29 is 36.4 Å². The molecule has 0 fully saturated rings. The van der Waals surface area contributed by atoms with E-state index < -0.39 is 0 Å². The Morgan fingerprint density at radius 1 is 0.600 bits per heavy atom. The predicted octanol–water partition coefficient (Wildman–Crippen LogP) is -0.253. The van der Waals surface area contributed by atoms with Crippen molar-refractivity contribution >= 4 is 40.6 Å². The number of hydrogen-bond acceptors (Lipinski definition) is 4. The Morgan fingerprint density at radius 3 is 0.600 bits per heavy atom. The molecular weight excluding hydrogens is 378 g/mol.